The van der Waals surface area contributed by atoms with Crippen LogP contribution in [0.15, 0.2) is 18.2 Å². The molecule has 0 spiro atoms. The van der Waals surface area contributed by atoms with Gasteiger partial charge in [0, 0.05) is 23.7 Å². The first kappa shape index (κ1) is 14.9. The number of nitrogens with zero attached hydrogens (tertiary/aromatic N) is 1. The van der Waals surface area contributed by atoms with Crippen LogP contribution in [-0.4, -0.2) is 22.5 Å². The third-order valence-corrected chi connectivity index (χ3v) is 5.30. The van der Waals surface area contributed by atoms with Crippen LogP contribution >= 0.6 is 12.2 Å². The van der Waals surface area contributed by atoms with Gasteiger partial charge in [0.1, 0.15) is 10.8 Å². The third-order valence-electron chi connectivity index (χ3n) is 5.08. The molecule has 2 nitrogen and oxygen atoms in total. The molecule has 21 heavy (non-hydrogen) atoms. The first-order valence-corrected chi connectivity index (χ1v) is 8.39. The molecule has 1 heterocycles. The lowest BCUT2D eigenvalue weighted by atomic mass is 9.78. The van der Waals surface area contributed by atoms with Crippen LogP contribution < -0.4 is 5.73 Å². The zero-order valence-corrected chi connectivity index (χ0v) is 13.2. The summed E-state index contributed by atoms with van der Waals surface area (Å²) in [7, 11) is 0. The van der Waals surface area contributed by atoms with Crippen molar-refractivity contribution in [2.45, 2.75) is 51.1 Å². The number of rotatable bonds is 3. The van der Waals surface area contributed by atoms with Gasteiger partial charge in [0.05, 0.1) is 0 Å². The highest BCUT2D eigenvalue weighted by Gasteiger charge is 2.33. The van der Waals surface area contributed by atoms with Crippen molar-refractivity contribution < 1.29 is 4.39 Å². The Morgan fingerprint density at radius 3 is 2.81 bits per heavy atom. The van der Waals surface area contributed by atoms with Gasteiger partial charge in [-0.3, -0.25) is 4.90 Å². The van der Waals surface area contributed by atoms with Crippen molar-refractivity contribution in [2.75, 3.05) is 6.54 Å². The highest BCUT2D eigenvalue weighted by Crippen LogP contribution is 2.36. The van der Waals surface area contributed by atoms with Gasteiger partial charge in [0.15, 0.2) is 0 Å². The van der Waals surface area contributed by atoms with Gasteiger partial charge in [-0.15, -0.1) is 0 Å². The minimum atomic E-state index is -0.233. The second-order valence-corrected chi connectivity index (χ2v) is 6.81. The van der Waals surface area contributed by atoms with Gasteiger partial charge in [-0.05, 0) is 44.2 Å². The van der Waals surface area contributed by atoms with Crippen molar-refractivity contribution in [3.8, 4) is 0 Å². The smallest absolute Gasteiger partial charge is 0.137 e. The van der Waals surface area contributed by atoms with Crippen molar-refractivity contribution in [3.63, 3.8) is 0 Å². The molecule has 1 aliphatic carbocycles. The van der Waals surface area contributed by atoms with Gasteiger partial charge in [-0.2, -0.15) is 0 Å². The number of hydrogen-bond acceptors (Lipinski definition) is 2. The van der Waals surface area contributed by atoms with E-state index in [2.05, 4.69) is 4.90 Å². The first-order chi connectivity index (χ1) is 10.2. The number of thiocarbonyl (C=S) groups is 1. The molecule has 0 aromatic heterocycles. The number of nitrogens with two attached hydrogens (primary N) is 1. The van der Waals surface area contributed by atoms with E-state index in [-0.39, 0.29) is 10.8 Å². The molecule has 1 aromatic rings. The zero-order valence-electron chi connectivity index (χ0n) is 12.4. The van der Waals surface area contributed by atoms with Gasteiger partial charge in [-0.25, -0.2) is 4.39 Å². The minimum absolute atomic E-state index is 0.142. The average Bonchev–Trinajstić information content (AvgIpc) is 2.49. The monoisotopic (exact) mass is 306 g/mol. The average molecular weight is 306 g/mol. The predicted octanol–water partition coefficient (Wildman–Crippen LogP) is 3.61. The van der Waals surface area contributed by atoms with Gasteiger partial charge >= 0.3 is 0 Å². The SMILES string of the molecule is NC(=S)c1cccc(CN2CCCC3CCCCC32)c1F. The first-order valence-electron chi connectivity index (χ1n) is 7.98. The maximum absolute atomic E-state index is 14.5. The molecular formula is C17H23FN2S. The standard InChI is InChI=1S/C17H23FN2S/c18-16-13(6-3-8-14(16)17(19)21)11-20-10-4-7-12-5-1-2-9-15(12)20/h3,6,8,12,15H,1-2,4-5,7,9-11H2,(H2,19,21). The van der Waals surface area contributed by atoms with Crippen LogP contribution in [0, 0.1) is 11.7 Å². The van der Waals surface area contributed by atoms with Crippen molar-refractivity contribution >= 4 is 17.2 Å². The summed E-state index contributed by atoms with van der Waals surface area (Å²) in [5, 5.41) is 0. The van der Waals surface area contributed by atoms with Gasteiger partial charge in [-0.1, -0.05) is 37.2 Å². The third kappa shape index (κ3) is 3.11. The van der Waals surface area contributed by atoms with E-state index in [0.29, 0.717) is 18.2 Å². The van der Waals surface area contributed by atoms with E-state index in [1.165, 1.54) is 38.5 Å². The van der Waals surface area contributed by atoms with E-state index in [9.17, 15) is 4.39 Å². The summed E-state index contributed by atoms with van der Waals surface area (Å²) in [6, 6.07) is 6.03. The molecule has 2 N–H and O–H groups in total. The lowest BCUT2D eigenvalue weighted by Gasteiger charge is -2.44. The fourth-order valence-corrected chi connectivity index (χ4v) is 4.19. The fraction of sp³-hybridized carbons (Fsp3) is 0.588. The highest BCUT2D eigenvalue weighted by molar-refractivity contribution is 7.80. The van der Waals surface area contributed by atoms with Crippen molar-refractivity contribution in [1.82, 2.24) is 4.90 Å². The van der Waals surface area contributed by atoms with E-state index in [1.54, 1.807) is 6.07 Å². The largest absolute Gasteiger partial charge is 0.389 e. The summed E-state index contributed by atoms with van der Waals surface area (Å²) < 4.78 is 14.5. The van der Waals surface area contributed by atoms with Crippen LogP contribution in [0.25, 0.3) is 0 Å². The Morgan fingerprint density at radius 2 is 2.00 bits per heavy atom. The summed E-state index contributed by atoms with van der Waals surface area (Å²) in [5.41, 5.74) is 6.70. The van der Waals surface area contributed by atoms with Crippen LogP contribution in [0.3, 0.4) is 0 Å². The molecule has 1 aromatic carbocycles. The highest BCUT2D eigenvalue weighted by atomic mass is 32.1. The number of halogens is 1. The molecule has 0 bridgehead atoms. The summed E-state index contributed by atoms with van der Waals surface area (Å²) >= 11 is 4.93. The van der Waals surface area contributed by atoms with E-state index in [0.717, 1.165) is 18.0 Å². The summed E-state index contributed by atoms with van der Waals surface area (Å²) in [5.74, 6) is 0.581. The fourth-order valence-electron chi connectivity index (χ4n) is 4.04. The maximum atomic E-state index is 14.5. The Morgan fingerprint density at radius 1 is 1.24 bits per heavy atom. The van der Waals surface area contributed by atoms with Gasteiger partial charge in [0.25, 0.3) is 0 Å². The lowest BCUT2D eigenvalue weighted by molar-refractivity contribution is 0.0539. The molecule has 2 atom stereocenters. The van der Waals surface area contributed by atoms with E-state index in [1.807, 2.05) is 12.1 Å². The second-order valence-electron chi connectivity index (χ2n) is 6.37. The lowest BCUT2D eigenvalue weighted by Crippen LogP contribution is -2.46. The molecule has 2 aliphatic rings. The quantitative estimate of drug-likeness (QED) is 0.865. The van der Waals surface area contributed by atoms with Crippen LogP contribution in [0.4, 0.5) is 4.39 Å². The number of fused-ring (bicyclic) bond motifs is 1. The molecule has 1 saturated carbocycles. The number of likely N-dealkylation sites (tertiary alicyclic amines) is 1. The van der Waals surface area contributed by atoms with Crippen molar-refractivity contribution in [2.24, 2.45) is 11.7 Å². The zero-order chi connectivity index (χ0) is 14.8. The maximum Gasteiger partial charge on any atom is 0.137 e. The Hall–Kier alpha value is -1.00. The molecule has 2 unspecified atom stereocenters. The molecule has 1 saturated heterocycles. The predicted molar refractivity (Wildman–Crippen MR) is 87.7 cm³/mol. The molecule has 2 fully saturated rings. The summed E-state index contributed by atoms with van der Waals surface area (Å²) in [4.78, 5) is 2.62. The van der Waals surface area contributed by atoms with Crippen LogP contribution in [0.2, 0.25) is 0 Å². The van der Waals surface area contributed by atoms with Crippen LogP contribution in [-0.2, 0) is 6.54 Å². The molecule has 0 radical (unpaired) electrons. The molecule has 114 valence electrons. The van der Waals surface area contributed by atoms with Gasteiger partial charge < -0.3 is 5.73 Å². The summed E-state index contributed by atoms with van der Waals surface area (Å²) in [6.45, 7) is 1.77. The Labute approximate surface area is 131 Å². The summed E-state index contributed by atoms with van der Waals surface area (Å²) in [6.07, 6.45) is 7.86. The topological polar surface area (TPSA) is 29.3 Å². The Balaban J connectivity index is 1.79. The Kier molecular flexibility index (Phi) is 4.55. The molecule has 3 rings (SSSR count). The number of piperidine rings is 1. The van der Waals surface area contributed by atoms with E-state index >= 15 is 0 Å². The van der Waals surface area contributed by atoms with Crippen molar-refractivity contribution in [3.05, 3.63) is 35.1 Å². The Bertz CT molecular complexity index is 530. The molecule has 0 amide bonds. The molecule has 1 aliphatic heterocycles. The number of hydrogen-bond donors (Lipinski definition) is 1. The van der Waals surface area contributed by atoms with E-state index in [4.69, 9.17) is 18.0 Å². The molecule has 4 heteroatoms. The second kappa shape index (κ2) is 6.41. The van der Waals surface area contributed by atoms with Crippen LogP contribution in [0.5, 0.6) is 0 Å². The minimum Gasteiger partial charge on any atom is -0.389 e. The van der Waals surface area contributed by atoms with Crippen LogP contribution in [0.1, 0.15) is 49.7 Å². The molecular weight excluding hydrogens is 283 g/mol. The van der Waals surface area contributed by atoms with E-state index < -0.39 is 0 Å². The van der Waals surface area contributed by atoms with Crippen molar-refractivity contribution in [1.29, 1.82) is 0 Å². The number of benzene rings is 1. The van der Waals surface area contributed by atoms with Gasteiger partial charge in [0.2, 0.25) is 0 Å². The normalized spacial score (nSPS) is 26.3.